The quantitative estimate of drug-likeness (QED) is 0.625. The zero-order valence-electron chi connectivity index (χ0n) is 15.9. The largest absolute Gasteiger partial charge is 0.459 e. The van der Waals surface area contributed by atoms with Gasteiger partial charge in [0.2, 0.25) is 5.91 Å². The summed E-state index contributed by atoms with van der Waals surface area (Å²) in [5, 5.41) is 9.75. The molecule has 0 fully saturated rings. The first-order valence-corrected chi connectivity index (χ1v) is 8.92. The van der Waals surface area contributed by atoms with Crippen molar-refractivity contribution >= 4 is 23.3 Å². The van der Waals surface area contributed by atoms with E-state index in [1.165, 1.54) is 6.26 Å². The number of furan rings is 1. The lowest BCUT2D eigenvalue weighted by Gasteiger charge is -2.13. The zero-order chi connectivity index (χ0) is 19.9. The molecule has 0 atom stereocenters. The lowest BCUT2D eigenvalue weighted by atomic mass is 10.2. The van der Waals surface area contributed by atoms with Gasteiger partial charge in [-0.05, 0) is 29.8 Å². The van der Waals surface area contributed by atoms with Crippen molar-refractivity contribution < 1.29 is 14.0 Å². The maximum Gasteiger partial charge on any atom is 0.286 e. The zero-order valence-corrected chi connectivity index (χ0v) is 15.9. The number of rotatable bonds is 8. The van der Waals surface area contributed by atoms with Crippen LogP contribution in [0.5, 0.6) is 0 Å². The minimum absolute atomic E-state index is 0.148. The maximum atomic E-state index is 12.2. The molecule has 2 amide bonds. The molecule has 3 rings (SSSR count). The Morgan fingerprint density at radius 2 is 1.93 bits per heavy atom. The van der Waals surface area contributed by atoms with Crippen molar-refractivity contribution in [1.82, 2.24) is 15.1 Å². The van der Waals surface area contributed by atoms with Crippen molar-refractivity contribution in [3.05, 3.63) is 66.2 Å². The molecule has 0 aliphatic carbocycles. The van der Waals surface area contributed by atoms with Crippen molar-refractivity contribution in [3.63, 3.8) is 0 Å². The van der Waals surface area contributed by atoms with E-state index in [2.05, 4.69) is 15.7 Å². The van der Waals surface area contributed by atoms with Crippen LogP contribution in [0.15, 0.2) is 59.3 Å². The van der Waals surface area contributed by atoms with Gasteiger partial charge in [-0.3, -0.25) is 9.59 Å². The second-order valence-corrected chi connectivity index (χ2v) is 6.47. The van der Waals surface area contributed by atoms with Gasteiger partial charge in [0.15, 0.2) is 5.76 Å². The first-order valence-electron chi connectivity index (χ1n) is 8.92. The minimum Gasteiger partial charge on any atom is -0.459 e. The highest BCUT2D eigenvalue weighted by Crippen LogP contribution is 2.15. The second kappa shape index (κ2) is 8.90. The predicted molar refractivity (Wildman–Crippen MR) is 106 cm³/mol. The van der Waals surface area contributed by atoms with E-state index in [-0.39, 0.29) is 30.5 Å². The van der Waals surface area contributed by atoms with Gasteiger partial charge in [-0.15, -0.1) is 0 Å². The van der Waals surface area contributed by atoms with Crippen LogP contribution in [0, 0.1) is 0 Å². The van der Waals surface area contributed by atoms with Crippen molar-refractivity contribution in [2.45, 2.75) is 13.0 Å². The number of carbonyl (C=O) groups is 2. The molecule has 0 bridgehead atoms. The Bertz CT molecular complexity index is 914. The van der Waals surface area contributed by atoms with Crippen LogP contribution in [0.3, 0.4) is 0 Å². The van der Waals surface area contributed by atoms with Gasteiger partial charge in [-0.25, -0.2) is 4.68 Å². The predicted octanol–water partition coefficient (Wildman–Crippen LogP) is 2.35. The first kappa shape index (κ1) is 19.2. The second-order valence-electron chi connectivity index (χ2n) is 6.47. The Hall–Kier alpha value is -3.55. The molecular formula is C20H23N5O3. The maximum absolute atomic E-state index is 12.2. The van der Waals surface area contributed by atoms with Crippen molar-refractivity contribution in [1.29, 1.82) is 0 Å². The van der Waals surface area contributed by atoms with E-state index in [9.17, 15) is 9.59 Å². The van der Waals surface area contributed by atoms with E-state index >= 15 is 0 Å². The topological polar surface area (TPSA) is 92.4 Å². The number of anilines is 2. The van der Waals surface area contributed by atoms with Crippen LogP contribution in [-0.4, -0.2) is 42.2 Å². The molecular weight excluding hydrogens is 358 g/mol. The van der Waals surface area contributed by atoms with Crippen LogP contribution >= 0.6 is 0 Å². The van der Waals surface area contributed by atoms with Gasteiger partial charge >= 0.3 is 0 Å². The molecule has 0 saturated heterocycles. The molecule has 0 radical (unpaired) electrons. The summed E-state index contributed by atoms with van der Waals surface area (Å²) in [6, 6.07) is 13.1. The van der Waals surface area contributed by atoms with E-state index in [1.807, 2.05) is 43.3 Å². The molecule has 0 spiro atoms. The third-order valence-corrected chi connectivity index (χ3v) is 4.15. The highest BCUT2D eigenvalue weighted by atomic mass is 16.3. The number of hydrogen-bond donors (Lipinski definition) is 2. The molecule has 2 aromatic heterocycles. The Balaban J connectivity index is 1.50. The fourth-order valence-electron chi connectivity index (χ4n) is 2.63. The van der Waals surface area contributed by atoms with Crippen molar-refractivity contribution in [2.24, 2.45) is 0 Å². The Kier molecular flexibility index (Phi) is 6.11. The number of amides is 2. The summed E-state index contributed by atoms with van der Waals surface area (Å²) < 4.78 is 6.73. The highest BCUT2D eigenvalue weighted by molar-refractivity contribution is 5.93. The fourth-order valence-corrected chi connectivity index (χ4v) is 2.63. The SMILES string of the molecule is CN(C)c1ccc(Cn2nccc2NC(=O)CCNC(=O)c2ccco2)cc1. The van der Waals surface area contributed by atoms with Crippen LogP contribution in [0.4, 0.5) is 11.5 Å². The van der Waals surface area contributed by atoms with Gasteiger partial charge in [0, 0.05) is 38.8 Å². The third kappa shape index (κ3) is 5.00. The molecule has 0 aliphatic heterocycles. The Morgan fingerprint density at radius 1 is 1.14 bits per heavy atom. The van der Waals surface area contributed by atoms with Crippen LogP contribution in [0.25, 0.3) is 0 Å². The summed E-state index contributed by atoms with van der Waals surface area (Å²) in [4.78, 5) is 26.0. The standard InChI is InChI=1S/C20H23N5O3/c1-24(2)16-7-5-15(6-8-16)14-25-18(9-12-22-25)23-19(26)10-11-21-20(27)17-4-3-13-28-17/h3-9,12-13H,10-11,14H2,1-2H3,(H,21,27)(H,23,26). The highest BCUT2D eigenvalue weighted by Gasteiger charge is 2.11. The summed E-state index contributed by atoms with van der Waals surface area (Å²) in [7, 11) is 3.99. The summed E-state index contributed by atoms with van der Waals surface area (Å²) >= 11 is 0. The lowest BCUT2D eigenvalue weighted by Crippen LogP contribution is -2.27. The van der Waals surface area contributed by atoms with Crippen LogP contribution in [-0.2, 0) is 11.3 Å². The van der Waals surface area contributed by atoms with Gasteiger partial charge in [-0.1, -0.05) is 12.1 Å². The van der Waals surface area contributed by atoms with Crippen molar-refractivity contribution in [2.75, 3.05) is 30.9 Å². The molecule has 8 nitrogen and oxygen atoms in total. The fraction of sp³-hybridized carbons (Fsp3) is 0.250. The number of aromatic nitrogens is 2. The normalized spacial score (nSPS) is 10.5. The van der Waals surface area contributed by atoms with Gasteiger partial charge in [0.05, 0.1) is 19.0 Å². The molecule has 2 N–H and O–H groups in total. The van der Waals surface area contributed by atoms with Crippen LogP contribution < -0.4 is 15.5 Å². The third-order valence-electron chi connectivity index (χ3n) is 4.15. The summed E-state index contributed by atoms with van der Waals surface area (Å²) in [5.41, 5.74) is 2.20. The Morgan fingerprint density at radius 3 is 2.61 bits per heavy atom. The summed E-state index contributed by atoms with van der Waals surface area (Å²) in [6.07, 6.45) is 3.22. The molecule has 0 saturated carbocycles. The first-order chi connectivity index (χ1) is 13.5. The minimum atomic E-state index is -0.344. The van der Waals surface area contributed by atoms with Gasteiger partial charge in [-0.2, -0.15) is 5.10 Å². The Labute approximate surface area is 163 Å². The van der Waals surface area contributed by atoms with E-state index in [1.54, 1.807) is 29.1 Å². The molecule has 2 heterocycles. The van der Waals surface area contributed by atoms with E-state index in [4.69, 9.17) is 4.42 Å². The van der Waals surface area contributed by atoms with E-state index in [0.29, 0.717) is 12.4 Å². The lowest BCUT2D eigenvalue weighted by molar-refractivity contribution is -0.116. The monoisotopic (exact) mass is 381 g/mol. The van der Waals surface area contributed by atoms with Gasteiger partial charge in [0.1, 0.15) is 5.82 Å². The summed E-state index contributed by atoms with van der Waals surface area (Å²) in [5.74, 6) is 0.284. The van der Waals surface area contributed by atoms with Gasteiger partial charge in [0.25, 0.3) is 5.91 Å². The number of carbonyl (C=O) groups excluding carboxylic acids is 2. The smallest absolute Gasteiger partial charge is 0.286 e. The average molecular weight is 381 g/mol. The van der Waals surface area contributed by atoms with E-state index in [0.717, 1.165) is 11.3 Å². The molecule has 146 valence electrons. The molecule has 1 aromatic carbocycles. The molecule has 28 heavy (non-hydrogen) atoms. The number of nitrogens with one attached hydrogen (secondary N) is 2. The average Bonchev–Trinajstić information content (AvgIpc) is 3.35. The van der Waals surface area contributed by atoms with E-state index < -0.39 is 0 Å². The molecule has 3 aromatic rings. The number of nitrogens with zero attached hydrogens (tertiary/aromatic N) is 3. The number of benzene rings is 1. The van der Waals surface area contributed by atoms with Crippen LogP contribution in [0.2, 0.25) is 0 Å². The molecule has 0 unspecified atom stereocenters. The van der Waals surface area contributed by atoms with Crippen LogP contribution in [0.1, 0.15) is 22.5 Å². The number of hydrogen-bond acceptors (Lipinski definition) is 5. The van der Waals surface area contributed by atoms with Crippen molar-refractivity contribution in [3.8, 4) is 0 Å². The molecule has 8 heteroatoms. The molecule has 0 aliphatic rings. The summed E-state index contributed by atoms with van der Waals surface area (Å²) in [6.45, 7) is 0.761. The van der Waals surface area contributed by atoms with Gasteiger partial charge < -0.3 is 20.0 Å².